The third-order valence-electron chi connectivity index (χ3n) is 3.42. The van der Waals surface area contributed by atoms with E-state index in [1.165, 1.54) is 6.07 Å². The molecular weight excluding hydrogens is 320 g/mol. The number of rotatable bonds is 6. The summed E-state index contributed by atoms with van der Waals surface area (Å²) in [5.74, 6) is 0.949. The maximum Gasteiger partial charge on any atom is 0.319 e. The van der Waals surface area contributed by atoms with Crippen molar-refractivity contribution in [2.45, 2.75) is 33.7 Å². The van der Waals surface area contributed by atoms with Crippen molar-refractivity contribution in [2.75, 3.05) is 11.9 Å². The number of nitrogens with zero attached hydrogens (tertiary/aromatic N) is 1. The van der Waals surface area contributed by atoms with Crippen molar-refractivity contribution >= 4 is 11.7 Å². The van der Waals surface area contributed by atoms with Gasteiger partial charge in [-0.25, -0.2) is 13.6 Å². The van der Waals surface area contributed by atoms with Gasteiger partial charge in [-0.15, -0.1) is 0 Å². The monoisotopic (exact) mass is 339 g/mol. The maximum atomic E-state index is 12.2. The topological polar surface area (TPSA) is 76.4 Å². The SMILES string of the molecule is Cc1ccc(NC(=O)NCc2c(C)noc2C)cc1OCC(F)F. The summed E-state index contributed by atoms with van der Waals surface area (Å²) in [6.45, 7) is 4.87. The molecule has 2 aromatic rings. The van der Waals surface area contributed by atoms with Crippen LogP contribution in [0.5, 0.6) is 5.75 Å². The van der Waals surface area contributed by atoms with Crippen LogP contribution in [0.3, 0.4) is 0 Å². The van der Waals surface area contributed by atoms with E-state index in [4.69, 9.17) is 9.26 Å². The van der Waals surface area contributed by atoms with Gasteiger partial charge in [-0.2, -0.15) is 0 Å². The van der Waals surface area contributed by atoms with Gasteiger partial charge in [0.1, 0.15) is 18.1 Å². The van der Waals surface area contributed by atoms with E-state index in [0.717, 1.165) is 5.56 Å². The molecule has 0 atom stereocenters. The van der Waals surface area contributed by atoms with Crippen LogP contribution in [-0.4, -0.2) is 24.2 Å². The first kappa shape index (κ1) is 17.7. The molecular formula is C16H19F2N3O3. The summed E-state index contributed by atoms with van der Waals surface area (Å²) in [7, 11) is 0. The zero-order valence-electron chi connectivity index (χ0n) is 13.7. The van der Waals surface area contributed by atoms with Crippen molar-refractivity contribution in [1.82, 2.24) is 10.5 Å². The highest BCUT2D eigenvalue weighted by molar-refractivity contribution is 5.89. The first-order valence-corrected chi connectivity index (χ1v) is 7.35. The molecule has 0 saturated heterocycles. The molecule has 0 aliphatic heterocycles. The second kappa shape index (κ2) is 7.76. The number of benzene rings is 1. The van der Waals surface area contributed by atoms with Crippen molar-refractivity contribution in [3.63, 3.8) is 0 Å². The minimum atomic E-state index is -2.56. The number of urea groups is 1. The third kappa shape index (κ3) is 4.68. The van der Waals surface area contributed by atoms with E-state index in [1.54, 1.807) is 32.9 Å². The van der Waals surface area contributed by atoms with Gasteiger partial charge >= 0.3 is 6.03 Å². The average Bonchev–Trinajstić information content (AvgIpc) is 2.84. The molecule has 0 saturated carbocycles. The van der Waals surface area contributed by atoms with Crippen LogP contribution < -0.4 is 15.4 Å². The summed E-state index contributed by atoms with van der Waals surface area (Å²) in [5, 5.41) is 9.13. The minimum Gasteiger partial charge on any atom is -0.487 e. The van der Waals surface area contributed by atoms with Crippen LogP contribution in [0.25, 0.3) is 0 Å². The lowest BCUT2D eigenvalue weighted by molar-refractivity contribution is 0.0816. The Kier molecular flexibility index (Phi) is 5.73. The lowest BCUT2D eigenvalue weighted by Gasteiger charge is -2.12. The fourth-order valence-electron chi connectivity index (χ4n) is 2.08. The van der Waals surface area contributed by atoms with Gasteiger partial charge in [0, 0.05) is 23.9 Å². The minimum absolute atomic E-state index is 0.271. The number of alkyl halides is 2. The van der Waals surface area contributed by atoms with Gasteiger partial charge in [0.05, 0.1) is 5.69 Å². The smallest absolute Gasteiger partial charge is 0.319 e. The van der Waals surface area contributed by atoms with Crippen LogP contribution in [0, 0.1) is 20.8 Å². The Bertz CT molecular complexity index is 697. The second-order valence-corrected chi connectivity index (χ2v) is 5.29. The second-order valence-electron chi connectivity index (χ2n) is 5.29. The molecule has 2 N–H and O–H groups in total. The molecule has 24 heavy (non-hydrogen) atoms. The van der Waals surface area contributed by atoms with Crippen molar-refractivity contribution < 1.29 is 22.8 Å². The Morgan fingerprint density at radius 1 is 1.33 bits per heavy atom. The number of anilines is 1. The molecule has 2 amide bonds. The summed E-state index contributed by atoms with van der Waals surface area (Å²) in [4.78, 5) is 12.0. The first-order valence-electron chi connectivity index (χ1n) is 7.35. The van der Waals surface area contributed by atoms with E-state index in [-0.39, 0.29) is 6.54 Å². The Morgan fingerprint density at radius 2 is 2.08 bits per heavy atom. The van der Waals surface area contributed by atoms with Crippen molar-refractivity contribution in [2.24, 2.45) is 0 Å². The average molecular weight is 339 g/mol. The fraction of sp³-hybridized carbons (Fsp3) is 0.375. The predicted octanol–water partition coefficient (Wildman–Crippen LogP) is 3.57. The van der Waals surface area contributed by atoms with Crippen LogP contribution >= 0.6 is 0 Å². The molecule has 0 aliphatic carbocycles. The summed E-state index contributed by atoms with van der Waals surface area (Å²) in [6.07, 6.45) is -2.56. The normalized spacial score (nSPS) is 10.8. The molecule has 1 aromatic heterocycles. The molecule has 1 heterocycles. The van der Waals surface area contributed by atoms with E-state index in [0.29, 0.717) is 28.5 Å². The number of amides is 2. The number of hydrogen-bond acceptors (Lipinski definition) is 4. The molecule has 0 aliphatic rings. The standard InChI is InChI=1S/C16H19F2N3O3/c1-9-4-5-12(6-14(9)23-8-15(17)18)20-16(22)19-7-13-10(2)21-24-11(13)3/h4-6,15H,7-8H2,1-3H3,(H2,19,20,22). The van der Waals surface area contributed by atoms with Gasteiger partial charge in [-0.05, 0) is 32.4 Å². The zero-order valence-corrected chi connectivity index (χ0v) is 13.7. The number of carbonyl (C=O) groups excluding carboxylic acids is 1. The largest absolute Gasteiger partial charge is 0.487 e. The molecule has 0 radical (unpaired) electrons. The van der Waals surface area contributed by atoms with Crippen LogP contribution in [0.2, 0.25) is 0 Å². The highest BCUT2D eigenvalue weighted by Crippen LogP contribution is 2.23. The quantitative estimate of drug-likeness (QED) is 0.843. The number of halogens is 2. The number of aryl methyl sites for hydroxylation is 3. The summed E-state index contributed by atoms with van der Waals surface area (Å²) in [6, 6.07) is 4.43. The third-order valence-corrected chi connectivity index (χ3v) is 3.42. The van der Waals surface area contributed by atoms with Crippen LogP contribution in [0.1, 0.15) is 22.6 Å². The highest BCUT2D eigenvalue weighted by atomic mass is 19.3. The lowest BCUT2D eigenvalue weighted by atomic mass is 10.2. The number of hydrogen-bond donors (Lipinski definition) is 2. The molecule has 0 unspecified atom stereocenters. The molecule has 0 bridgehead atoms. The molecule has 8 heteroatoms. The molecule has 0 fully saturated rings. The number of carbonyl (C=O) groups is 1. The van der Waals surface area contributed by atoms with Crippen LogP contribution in [0.15, 0.2) is 22.7 Å². The molecule has 6 nitrogen and oxygen atoms in total. The molecule has 130 valence electrons. The first-order chi connectivity index (χ1) is 11.4. The van der Waals surface area contributed by atoms with Crippen molar-refractivity contribution in [3.8, 4) is 5.75 Å². The number of ether oxygens (including phenoxy) is 1. The van der Waals surface area contributed by atoms with E-state index in [1.807, 2.05) is 0 Å². The summed E-state index contributed by atoms with van der Waals surface area (Å²) in [5.41, 5.74) is 2.68. The van der Waals surface area contributed by atoms with E-state index >= 15 is 0 Å². The highest BCUT2D eigenvalue weighted by Gasteiger charge is 2.11. The van der Waals surface area contributed by atoms with E-state index < -0.39 is 19.1 Å². The Morgan fingerprint density at radius 3 is 2.71 bits per heavy atom. The van der Waals surface area contributed by atoms with Gasteiger partial charge in [0.25, 0.3) is 6.43 Å². The maximum absolute atomic E-state index is 12.2. The van der Waals surface area contributed by atoms with Crippen LogP contribution in [-0.2, 0) is 6.54 Å². The lowest BCUT2D eigenvalue weighted by Crippen LogP contribution is -2.28. The summed E-state index contributed by atoms with van der Waals surface area (Å²) >= 11 is 0. The predicted molar refractivity (Wildman–Crippen MR) is 84.5 cm³/mol. The molecule has 2 rings (SSSR count). The number of aromatic nitrogens is 1. The molecule has 1 aromatic carbocycles. The van der Waals surface area contributed by atoms with Gasteiger partial charge < -0.3 is 19.9 Å². The zero-order chi connectivity index (χ0) is 17.7. The van der Waals surface area contributed by atoms with Gasteiger partial charge in [0.2, 0.25) is 0 Å². The summed E-state index contributed by atoms with van der Waals surface area (Å²) < 4.78 is 34.5. The fourth-order valence-corrected chi connectivity index (χ4v) is 2.08. The van der Waals surface area contributed by atoms with Crippen molar-refractivity contribution in [3.05, 3.63) is 40.8 Å². The van der Waals surface area contributed by atoms with Crippen molar-refractivity contribution in [1.29, 1.82) is 0 Å². The number of nitrogens with one attached hydrogen (secondary N) is 2. The van der Waals surface area contributed by atoms with E-state index in [9.17, 15) is 13.6 Å². The Labute approximate surface area is 138 Å². The van der Waals surface area contributed by atoms with Gasteiger partial charge in [0.15, 0.2) is 0 Å². The Balaban J connectivity index is 1.95. The molecule has 0 spiro atoms. The van der Waals surface area contributed by atoms with Crippen LogP contribution in [0.4, 0.5) is 19.3 Å². The van der Waals surface area contributed by atoms with E-state index in [2.05, 4.69) is 15.8 Å². The van der Waals surface area contributed by atoms with Gasteiger partial charge in [-0.3, -0.25) is 0 Å². The Hall–Kier alpha value is -2.64. The van der Waals surface area contributed by atoms with Gasteiger partial charge in [-0.1, -0.05) is 11.2 Å².